The van der Waals surface area contributed by atoms with E-state index in [0.29, 0.717) is 12.3 Å². The number of fused-ring (bicyclic) bond motifs is 1. The zero-order valence-electron chi connectivity index (χ0n) is 8.73. The van der Waals surface area contributed by atoms with Gasteiger partial charge in [-0.1, -0.05) is 23.4 Å². The summed E-state index contributed by atoms with van der Waals surface area (Å²) >= 11 is 0. The Bertz CT molecular complexity index is 426. The van der Waals surface area contributed by atoms with E-state index in [1.54, 1.807) is 11.9 Å². The second-order valence-electron chi connectivity index (χ2n) is 3.24. The summed E-state index contributed by atoms with van der Waals surface area (Å²) in [5.74, 6) is -0.121. The first-order valence-corrected chi connectivity index (χ1v) is 4.83. The normalized spacial score (nSPS) is 17.1. The molecule has 0 fully saturated rings. The van der Waals surface area contributed by atoms with Crippen LogP contribution in [0, 0.1) is 0 Å². The molecule has 0 aliphatic carbocycles. The second-order valence-corrected chi connectivity index (χ2v) is 3.24. The van der Waals surface area contributed by atoms with Gasteiger partial charge in [0.25, 0.3) is 5.91 Å². The lowest BCUT2D eigenvalue weighted by molar-refractivity contribution is -0.112. The Kier molecular flexibility index (Phi) is 2.41. The molecule has 1 aliphatic heterocycles. The third-order valence-electron chi connectivity index (χ3n) is 2.31. The van der Waals surface area contributed by atoms with E-state index in [1.165, 1.54) is 0 Å². The quantitative estimate of drug-likeness (QED) is 0.683. The maximum atomic E-state index is 11.8. The van der Waals surface area contributed by atoms with Crippen LogP contribution in [-0.2, 0) is 9.63 Å². The molecule has 78 valence electrons. The third-order valence-corrected chi connectivity index (χ3v) is 2.31. The summed E-state index contributed by atoms with van der Waals surface area (Å²) in [6.07, 6.45) is 0. The lowest BCUT2D eigenvalue weighted by Crippen LogP contribution is -2.25. The van der Waals surface area contributed by atoms with Gasteiger partial charge in [0, 0.05) is 12.6 Å². The average molecular weight is 204 g/mol. The fourth-order valence-electron chi connectivity index (χ4n) is 1.57. The molecule has 0 saturated heterocycles. The summed E-state index contributed by atoms with van der Waals surface area (Å²) < 4.78 is 0. The monoisotopic (exact) mass is 204 g/mol. The number of carbonyl (C=O) groups excluding carboxylic acids is 1. The highest BCUT2D eigenvalue weighted by molar-refractivity contribution is 6.54. The first-order chi connectivity index (χ1) is 7.25. The lowest BCUT2D eigenvalue weighted by Gasteiger charge is -2.07. The predicted molar refractivity (Wildman–Crippen MR) is 58.0 cm³/mol. The van der Waals surface area contributed by atoms with Crippen molar-refractivity contribution in [1.29, 1.82) is 0 Å². The highest BCUT2D eigenvalue weighted by Gasteiger charge is 2.31. The van der Waals surface area contributed by atoms with Crippen LogP contribution in [0.5, 0.6) is 0 Å². The molecule has 0 atom stereocenters. The van der Waals surface area contributed by atoms with Gasteiger partial charge in [0.05, 0.1) is 5.69 Å². The van der Waals surface area contributed by atoms with Crippen molar-refractivity contribution in [3.8, 4) is 0 Å². The molecule has 1 aromatic rings. The number of oxime groups is 1. The molecule has 0 N–H and O–H groups in total. The van der Waals surface area contributed by atoms with E-state index in [4.69, 9.17) is 4.84 Å². The first-order valence-electron chi connectivity index (χ1n) is 4.83. The van der Waals surface area contributed by atoms with Crippen molar-refractivity contribution >= 4 is 17.3 Å². The number of carbonyl (C=O) groups is 1. The minimum absolute atomic E-state index is 0.121. The predicted octanol–water partition coefficient (Wildman–Crippen LogP) is 1.40. The molecule has 2 rings (SSSR count). The number of benzene rings is 1. The Hall–Kier alpha value is -1.84. The number of amides is 1. The van der Waals surface area contributed by atoms with Crippen molar-refractivity contribution in [1.82, 2.24) is 0 Å². The largest absolute Gasteiger partial charge is 0.395 e. The molecule has 0 bridgehead atoms. The minimum Gasteiger partial charge on any atom is -0.395 e. The first kappa shape index (κ1) is 9.71. The van der Waals surface area contributed by atoms with Crippen LogP contribution in [0.25, 0.3) is 0 Å². The zero-order chi connectivity index (χ0) is 10.8. The van der Waals surface area contributed by atoms with Gasteiger partial charge in [0.1, 0.15) is 6.61 Å². The van der Waals surface area contributed by atoms with Gasteiger partial charge in [0.2, 0.25) is 0 Å². The van der Waals surface area contributed by atoms with Crippen LogP contribution in [0.3, 0.4) is 0 Å². The van der Waals surface area contributed by atoms with Crippen molar-refractivity contribution in [3.05, 3.63) is 29.8 Å². The number of anilines is 1. The van der Waals surface area contributed by atoms with E-state index < -0.39 is 0 Å². The van der Waals surface area contributed by atoms with Crippen LogP contribution in [0.2, 0.25) is 0 Å². The van der Waals surface area contributed by atoms with Crippen molar-refractivity contribution in [2.24, 2.45) is 5.16 Å². The van der Waals surface area contributed by atoms with Gasteiger partial charge >= 0.3 is 0 Å². The van der Waals surface area contributed by atoms with Crippen LogP contribution < -0.4 is 4.90 Å². The minimum atomic E-state index is -0.121. The molecule has 0 unspecified atom stereocenters. The zero-order valence-corrected chi connectivity index (χ0v) is 8.73. The van der Waals surface area contributed by atoms with E-state index >= 15 is 0 Å². The van der Waals surface area contributed by atoms with Crippen molar-refractivity contribution in [2.45, 2.75) is 6.92 Å². The maximum Gasteiger partial charge on any atom is 0.280 e. The molecule has 1 heterocycles. The summed E-state index contributed by atoms with van der Waals surface area (Å²) in [7, 11) is 1.73. The van der Waals surface area contributed by atoms with Gasteiger partial charge in [-0.05, 0) is 13.0 Å². The average Bonchev–Trinajstić information content (AvgIpc) is 2.51. The van der Waals surface area contributed by atoms with E-state index in [9.17, 15) is 4.79 Å². The Morgan fingerprint density at radius 2 is 2.13 bits per heavy atom. The third kappa shape index (κ3) is 1.48. The van der Waals surface area contributed by atoms with Crippen LogP contribution in [0.1, 0.15) is 12.5 Å². The molecule has 0 saturated carbocycles. The van der Waals surface area contributed by atoms with Crippen molar-refractivity contribution in [2.75, 3.05) is 18.6 Å². The van der Waals surface area contributed by atoms with Gasteiger partial charge in [-0.3, -0.25) is 4.79 Å². The Morgan fingerprint density at radius 3 is 2.87 bits per heavy atom. The van der Waals surface area contributed by atoms with Crippen molar-refractivity contribution in [3.63, 3.8) is 0 Å². The number of nitrogens with zero attached hydrogens (tertiary/aromatic N) is 2. The topological polar surface area (TPSA) is 41.9 Å². The fourth-order valence-corrected chi connectivity index (χ4v) is 1.57. The summed E-state index contributed by atoms with van der Waals surface area (Å²) in [5.41, 5.74) is 2.09. The van der Waals surface area contributed by atoms with Crippen LogP contribution >= 0.6 is 0 Å². The molecule has 4 heteroatoms. The number of likely N-dealkylation sites (N-methyl/N-ethyl adjacent to an activating group) is 1. The van der Waals surface area contributed by atoms with Gasteiger partial charge in [-0.2, -0.15) is 0 Å². The highest BCUT2D eigenvalue weighted by atomic mass is 16.6. The van der Waals surface area contributed by atoms with Crippen LogP contribution in [0.4, 0.5) is 5.69 Å². The van der Waals surface area contributed by atoms with Gasteiger partial charge in [-0.15, -0.1) is 0 Å². The molecular formula is C11H12N2O2. The van der Waals surface area contributed by atoms with Gasteiger partial charge < -0.3 is 9.74 Å². The van der Waals surface area contributed by atoms with E-state index in [1.807, 2.05) is 31.2 Å². The molecule has 1 aromatic carbocycles. The molecule has 0 aromatic heterocycles. The SMILES string of the molecule is CCO/N=C1/C(=O)N(C)c2ccccc21. The number of para-hydroxylation sites is 1. The fraction of sp³-hybridized carbons (Fsp3) is 0.273. The summed E-state index contributed by atoms with van der Waals surface area (Å²) in [6.45, 7) is 2.29. The van der Waals surface area contributed by atoms with Gasteiger partial charge in [-0.25, -0.2) is 0 Å². The molecule has 1 aliphatic rings. The smallest absolute Gasteiger partial charge is 0.280 e. The molecule has 0 radical (unpaired) electrons. The maximum absolute atomic E-state index is 11.8. The molecule has 15 heavy (non-hydrogen) atoms. The Morgan fingerprint density at radius 1 is 1.40 bits per heavy atom. The van der Waals surface area contributed by atoms with Crippen LogP contribution in [0.15, 0.2) is 29.4 Å². The van der Waals surface area contributed by atoms with Crippen molar-refractivity contribution < 1.29 is 9.63 Å². The number of rotatable bonds is 2. The number of hydrogen-bond donors (Lipinski definition) is 0. The van der Waals surface area contributed by atoms with Gasteiger partial charge in [0.15, 0.2) is 5.71 Å². The van der Waals surface area contributed by atoms with E-state index in [2.05, 4.69) is 5.16 Å². The summed E-state index contributed by atoms with van der Waals surface area (Å²) in [6, 6.07) is 7.54. The molecular weight excluding hydrogens is 192 g/mol. The summed E-state index contributed by atoms with van der Waals surface area (Å²) in [5, 5.41) is 3.84. The van der Waals surface area contributed by atoms with E-state index in [0.717, 1.165) is 11.3 Å². The molecule has 1 amide bonds. The summed E-state index contributed by atoms with van der Waals surface area (Å²) in [4.78, 5) is 18.3. The second kappa shape index (κ2) is 3.73. The van der Waals surface area contributed by atoms with Crippen LogP contribution in [-0.4, -0.2) is 25.3 Å². The molecule has 4 nitrogen and oxygen atoms in total. The Balaban J connectivity index is 2.47. The highest BCUT2D eigenvalue weighted by Crippen LogP contribution is 2.27. The van der Waals surface area contributed by atoms with E-state index in [-0.39, 0.29) is 5.91 Å². The number of hydrogen-bond acceptors (Lipinski definition) is 3. The Labute approximate surface area is 88.1 Å². The molecule has 0 spiro atoms. The standard InChI is InChI=1S/C11H12N2O2/c1-3-15-12-10-8-6-4-5-7-9(8)13(2)11(10)14/h4-7H,3H2,1-2H3/b12-10+. The lowest BCUT2D eigenvalue weighted by atomic mass is 10.1.